The molecule has 0 aromatic heterocycles. The molecule has 0 radical (unpaired) electrons. The van der Waals surface area contributed by atoms with Crippen LogP contribution in [0.1, 0.15) is 26.2 Å². The lowest BCUT2D eigenvalue weighted by Gasteiger charge is -1.99. The number of nitrogens with one attached hydrogen (secondary N) is 1. The Kier molecular flexibility index (Phi) is 7.84. The minimum atomic E-state index is -0.824. The molecule has 0 unspecified atom stereocenters. The standard InChI is InChI=1S/C11H19NO2/c1-3-8-12-9-6-4-5-7-10(2)11(13)14/h3,7,12H,1,4-6,8-9H2,2H3,(H,13,14). The fourth-order valence-corrected chi connectivity index (χ4v) is 1.00. The summed E-state index contributed by atoms with van der Waals surface area (Å²) in [7, 11) is 0. The quantitative estimate of drug-likeness (QED) is 0.355. The van der Waals surface area contributed by atoms with E-state index in [0.29, 0.717) is 5.57 Å². The fraction of sp³-hybridized carbons (Fsp3) is 0.545. The highest BCUT2D eigenvalue weighted by atomic mass is 16.4. The second-order valence-electron chi connectivity index (χ2n) is 3.18. The molecular formula is C11H19NO2. The minimum Gasteiger partial charge on any atom is -0.478 e. The Morgan fingerprint density at radius 3 is 2.79 bits per heavy atom. The molecule has 0 saturated carbocycles. The van der Waals surface area contributed by atoms with Gasteiger partial charge in [0.1, 0.15) is 0 Å². The maximum Gasteiger partial charge on any atom is 0.330 e. The highest BCUT2D eigenvalue weighted by Crippen LogP contribution is 2.00. The molecule has 80 valence electrons. The third-order valence-electron chi connectivity index (χ3n) is 1.88. The van der Waals surface area contributed by atoms with Crippen molar-refractivity contribution < 1.29 is 9.90 Å². The van der Waals surface area contributed by atoms with Crippen LogP contribution in [-0.2, 0) is 4.79 Å². The van der Waals surface area contributed by atoms with Crippen molar-refractivity contribution in [1.82, 2.24) is 5.32 Å². The minimum absolute atomic E-state index is 0.434. The first-order chi connectivity index (χ1) is 6.68. The monoisotopic (exact) mass is 197 g/mol. The van der Waals surface area contributed by atoms with Crippen LogP contribution in [-0.4, -0.2) is 24.2 Å². The van der Waals surface area contributed by atoms with Gasteiger partial charge in [0, 0.05) is 12.1 Å². The third kappa shape index (κ3) is 7.55. The first-order valence-corrected chi connectivity index (χ1v) is 4.90. The maximum absolute atomic E-state index is 10.4. The van der Waals surface area contributed by atoms with Crippen LogP contribution in [0.4, 0.5) is 0 Å². The van der Waals surface area contributed by atoms with Crippen LogP contribution < -0.4 is 5.32 Å². The molecule has 14 heavy (non-hydrogen) atoms. The van der Waals surface area contributed by atoms with Gasteiger partial charge >= 0.3 is 5.97 Å². The number of carbonyl (C=O) groups is 1. The van der Waals surface area contributed by atoms with Crippen LogP contribution in [0.15, 0.2) is 24.3 Å². The Morgan fingerprint density at radius 2 is 2.21 bits per heavy atom. The van der Waals surface area contributed by atoms with Gasteiger partial charge < -0.3 is 10.4 Å². The van der Waals surface area contributed by atoms with Gasteiger partial charge in [-0.15, -0.1) is 6.58 Å². The van der Waals surface area contributed by atoms with E-state index in [9.17, 15) is 4.79 Å². The lowest BCUT2D eigenvalue weighted by Crippen LogP contribution is -2.14. The molecule has 0 heterocycles. The molecule has 0 aromatic carbocycles. The van der Waals surface area contributed by atoms with Crippen LogP contribution in [0.25, 0.3) is 0 Å². The van der Waals surface area contributed by atoms with Gasteiger partial charge in [-0.3, -0.25) is 0 Å². The maximum atomic E-state index is 10.4. The predicted molar refractivity (Wildman–Crippen MR) is 58.3 cm³/mol. The van der Waals surface area contributed by atoms with Crippen molar-refractivity contribution >= 4 is 5.97 Å². The molecule has 0 aliphatic carbocycles. The number of hydrogen-bond donors (Lipinski definition) is 2. The summed E-state index contributed by atoms with van der Waals surface area (Å²) in [5.41, 5.74) is 0.434. The SMILES string of the molecule is C=CCNCCCCC=C(C)C(=O)O. The van der Waals surface area contributed by atoms with Crippen molar-refractivity contribution in [2.75, 3.05) is 13.1 Å². The molecular weight excluding hydrogens is 178 g/mol. The van der Waals surface area contributed by atoms with Gasteiger partial charge in [-0.05, 0) is 32.7 Å². The van der Waals surface area contributed by atoms with Crippen molar-refractivity contribution in [1.29, 1.82) is 0 Å². The molecule has 0 aliphatic rings. The van der Waals surface area contributed by atoms with Crippen molar-refractivity contribution in [3.05, 3.63) is 24.3 Å². The van der Waals surface area contributed by atoms with Gasteiger partial charge in [-0.1, -0.05) is 12.2 Å². The summed E-state index contributed by atoms with van der Waals surface area (Å²) in [5.74, 6) is -0.824. The lowest BCUT2D eigenvalue weighted by molar-refractivity contribution is -0.132. The Morgan fingerprint density at radius 1 is 1.50 bits per heavy atom. The van der Waals surface area contributed by atoms with E-state index in [1.54, 1.807) is 13.0 Å². The Hall–Kier alpha value is -1.09. The van der Waals surface area contributed by atoms with E-state index >= 15 is 0 Å². The number of aliphatic carboxylic acids is 1. The molecule has 0 aromatic rings. The van der Waals surface area contributed by atoms with E-state index in [2.05, 4.69) is 11.9 Å². The Balaban J connectivity index is 3.33. The molecule has 0 bridgehead atoms. The summed E-state index contributed by atoms with van der Waals surface area (Å²) >= 11 is 0. The van der Waals surface area contributed by atoms with Crippen molar-refractivity contribution in [3.63, 3.8) is 0 Å². The summed E-state index contributed by atoms with van der Waals surface area (Å²) in [6.45, 7) is 7.02. The van der Waals surface area contributed by atoms with Crippen molar-refractivity contribution in [2.45, 2.75) is 26.2 Å². The largest absolute Gasteiger partial charge is 0.478 e. The highest BCUT2D eigenvalue weighted by Gasteiger charge is 1.97. The van der Waals surface area contributed by atoms with Crippen LogP contribution in [0.2, 0.25) is 0 Å². The van der Waals surface area contributed by atoms with E-state index in [1.807, 2.05) is 6.08 Å². The molecule has 0 aliphatic heterocycles. The molecule has 0 spiro atoms. The molecule has 2 N–H and O–H groups in total. The van der Waals surface area contributed by atoms with Crippen LogP contribution >= 0.6 is 0 Å². The molecule has 0 saturated heterocycles. The first-order valence-electron chi connectivity index (χ1n) is 4.90. The predicted octanol–water partition coefficient (Wildman–Crippen LogP) is 1.96. The number of rotatable bonds is 8. The van der Waals surface area contributed by atoms with E-state index in [1.165, 1.54) is 0 Å². The van der Waals surface area contributed by atoms with E-state index in [4.69, 9.17) is 5.11 Å². The first kappa shape index (κ1) is 12.9. The third-order valence-corrected chi connectivity index (χ3v) is 1.88. The number of hydrogen-bond acceptors (Lipinski definition) is 2. The number of carboxylic acids is 1. The van der Waals surface area contributed by atoms with Gasteiger partial charge in [-0.25, -0.2) is 4.79 Å². The molecule has 0 amide bonds. The van der Waals surface area contributed by atoms with Crippen LogP contribution in [0.5, 0.6) is 0 Å². The van der Waals surface area contributed by atoms with Gasteiger partial charge in [-0.2, -0.15) is 0 Å². The zero-order chi connectivity index (χ0) is 10.8. The summed E-state index contributed by atoms with van der Waals surface area (Å²) in [5, 5.41) is 11.8. The van der Waals surface area contributed by atoms with Gasteiger partial charge in [0.25, 0.3) is 0 Å². The van der Waals surface area contributed by atoms with Gasteiger partial charge in [0.2, 0.25) is 0 Å². The molecule has 0 fully saturated rings. The Labute approximate surface area is 85.5 Å². The van der Waals surface area contributed by atoms with E-state index in [0.717, 1.165) is 32.4 Å². The van der Waals surface area contributed by atoms with E-state index < -0.39 is 5.97 Å². The molecule has 3 nitrogen and oxygen atoms in total. The topological polar surface area (TPSA) is 49.3 Å². The van der Waals surface area contributed by atoms with Crippen molar-refractivity contribution in [2.24, 2.45) is 0 Å². The summed E-state index contributed by atoms with van der Waals surface area (Å²) in [6, 6.07) is 0. The average molecular weight is 197 g/mol. The highest BCUT2D eigenvalue weighted by molar-refractivity contribution is 5.85. The number of unbranched alkanes of at least 4 members (excludes halogenated alkanes) is 2. The summed E-state index contributed by atoms with van der Waals surface area (Å²) < 4.78 is 0. The average Bonchev–Trinajstić information content (AvgIpc) is 2.16. The van der Waals surface area contributed by atoms with Gasteiger partial charge in [0.15, 0.2) is 0 Å². The van der Waals surface area contributed by atoms with E-state index in [-0.39, 0.29) is 0 Å². The summed E-state index contributed by atoms with van der Waals surface area (Å²) in [6.07, 6.45) is 6.53. The number of carboxylic acid groups (broad SMARTS) is 1. The van der Waals surface area contributed by atoms with Crippen LogP contribution in [0, 0.1) is 0 Å². The number of allylic oxidation sites excluding steroid dienone is 1. The second kappa shape index (κ2) is 8.51. The molecule has 0 rings (SSSR count). The summed E-state index contributed by atoms with van der Waals surface area (Å²) in [4.78, 5) is 10.4. The molecule has 3 heteroatoms. The second-order valence-corrected chi connectivity index (χ2v) is 3.18. The van der Waals surface area contributed by atoms with Crippen LogP contribution in [0.3, 0.4) is 0 Å². The zero-order valence-corrected chi connectivity index (χ0v) is 8.75. The fourth-order valence-electron chi connectivity index (χ4n) is 1.00. The lowest BCUT2D eigenvalue weighted by atomic mass is 10.2. The smallest absolute Gasteiger partial charge is 0.330 e. The van der Waals surface area contributed by atoms with Gasteiger partial charge in [0.05, 0.1) is 0 Å². The molecule has 0 atom stereocenters. The normalized spacial score (nSPS) is 11.4. The Bertz CT molecular complexity index is 209. The van der Waals surface area contributed by atoms with Crippen molar-refractivity contribution in [3.8, 4) is 0 Å². The zero-order valence-electron chi connectivity index (χ0n) is 8.75.